The summed E-state index contributed by atoms with van der Waals surface area (Å²) >= 11 is 0. The van der Waals surface area contributed by atoms with Gasteiger partial charge in [0.05, 0.1) is 11.6 Å². The van der Waals surface area contributed by atoms with Crippen LogP contribution in [0.5, 0.6) is 0 Å². The maximum atomic E-state index is 8.84. The van der Waals surface area contributed by atoms with E-state index >= 15 is 0 Å². The number of anilines is 3. The van der Waals surface area contributed by atoms with Crippen LogP contribution >= 0.6 is 0 Å². The molecule has 0 radical (unpaired) electrons. The van der Waals surface area contributed by atoms with Gasteiger partial charge in [0.25, 0.3) is 0 Å². The van der Waals surface area contributed by atoms with Gasteiger partial charge < -0.3 is 10.3 Å². The standard InChI is InChI=1S/C15H18N6/c1-10(2)15-18-13(20-17)8-14(19-15)21(3)12-6-4-11(9-16)5-7-12/h4-8,10H,17H2,1-3H3,(H,18,19,20). The molecule has 2 aromatic rings. The van der Waals surface area contributed by atoms with Crippen molar-refractivity contribution in [1.82, 2.24) is 9.97 Å². The van der Waals surface area contributed by atoms with Crippen molar-refractivity contribution >= 4 is 17.3 Å². The summed E-state index contributed by atoms with van der Waals surface area (Å²) in [5, 5.41) is 8.84. The third-order valence-corrected chi connectivity index (χ3v) is 3.12. The van der Waals surface area contributed by atoms with Crippen molar-refractivity contribution in [2.24, 2.45) is 5.84 Å². The second-order valence-corrected chi connectivity index (χ2v) is 4.99. The summed E-state index contributed by atoms with van der Waals surface area (Å²) in [7, 11) is 1.91. The summed E-state index contributed by atoms with van der Waals surface area (Å²) in [5.41, 5.74) is 4.13. The molecule has 0 bridgehead atoms. The summed E-state index contributed by atoms with van der Waals surface area (Å²) < 4.78 is 0. The van der Waals surface area contributed by atoms with Crippen LogP contribution in [0.4, 0.5) is 17.3 Å². The average Bonchev–Trinajstić information content (AvgIpc) is 2.53. The molecule has 0 unspecified atom stereocenters. The van der Waals surface area contributed by atoms with Crippen molar-refractivity contribution in [3.05, 3.63) is 41.7 Å². The van der Waals surface area contributed by atoms with Crippen LogP contribution in [-0.2, 0) is 0 Å². The average molecular weight is 282 g/mol. The SMILES string of the molecule is CC(C)c1nc(NN)cc(N(C)c2ccc(C#N)cc2)n1. The molecule has 3 N–H and O–H groups in total. The van der Waals surface area contributed by atoms with E-state index in [4.69, 9.17) is 11.1 Å². The number of rotatable bonds is 4. The van der Waals surface area contributed by atoms with Crippen LogP contribution in [0.3, 0.4) is 0 Å². The third-order valence-electron chi connectivity index (χ3n) is 3.12. The number of hydrogen-bond acceptors (Lipinski definition) is 6. The fourth-order valence-electron chi connectivity index (χ4n) is 1.85. The van der Waals surface area contributed by atoms with Crippen molar-refractivity contribution in [1.29, 1.82) is 5.26 Å². The predicted octanol–water partition coefficient (Wildman–Crippen LogP) is 2.53. The second-order valence-electron chi connectivity index (χ2n) is 4.99. The summed E-state index contributed by atoms with van der Waals surface area (Å²) in [4.78, 5) is 10.8. The topological polar surface area (TPSA) is 90.9 Å². The number of hydrazine groups is 1. The summed E-state index contributed by atoms with van der Waals surface area (Å²) in [6, 6.07) is 11.2. The Morgan fingerprint density at radius 3 is 2.43 bits per heavy atom. The molecule has 21 heavy (non-hydrogen) atoms. The van der Waals surface area contributed by atoms with E-state index in [1.54, 1.807) is 18.2 Å². The molecule has 0 saturated heterocycles. The first-order valence-electron chi connectivity index (χ1n) is 6.64. The molecular weight excluding hydrogens is 264 g/mol. The molecule has 6 heteroatoms. The van der Waals surface area contributed by atoms with Gasteiger partial charge in [-0.15, -0.1) is 0 Å². The van der Waals surface area contributed by atoms with Crippen molar-refractivity contribution in [3.63, 3.8) is 0 Å². The number of nitriles is 1. The van der Waals surface area contributed by atoms with Crippen molar-refractivity contribution in [2.75, 3.05) is 17.4 Å². The molecule has 0 atom stereocenters. The quantitative estimate of drug-likeness (QED) is 0.661. The van der Waals surface area contributed by atoms with Crippen LogP contribution in [0.2, 0.25) is 0 Å². The van der Waals surface area contributed by atoms with Gasteiger partial charge >= 0.3 is 0 Å². The van der Waals surface area contributed by atoms with E-state index in [0.29, 0.717) is 11.4 Å². The van der Waals surface area contributed by atoms with Gasteiger partial charge in [-0.25, -0.2) is 15.8 Å². The molecule has 0 aliphatic rings. The lowest BCUT2D eigenvalue weighted by atomic mass is 10.2. The molecule has 0 aliphatic carbocycles. The molecule has 1 aromatic heterocycles. The first kappa shape index (κ1) is 14.8. The van der Waals surface area contributed by atoms with Gasteiger partial charge in [-0.2, -0.15) is 5.26 Å². The van der Waals surface area contributed by atoms with Crippen LogP contribution in [0.15, 0.2) is 30.3 Å². The molecule has 6 nitrogen and oxygen atoms in total. The number of hydrogen-bond donors (Lipinski definition) is 2. The highest BCUT2D eigenvalue weighted by Gasteiger charge is 2.12. The highest BCUT2D eigenvalue weighted by Crippen LogP contribution is 2.25. The number of nitrogen functional groups attached to an aromatic ring is 1. The van der Waals surface area contributed by atoms with E-state index in [-0.39, 0.29) is 5.92 Å². The lowest BCUT2D eigenvalue weighted by molar-refractivity contribution is 0.773. The summed E-state index contributed by atoms with van der Waals surface area (Å²) in [5.74, 6) is 7.71. The fourth-order valence-corrected chi connectivity index (χ4v) is 1.85. The van der Waals surface area contributed by atoms with Crippen LogP contribution in [0.25, 0.3) is 0 Å². The lowest BCUT2D eigenvalue weighted by Crippen LogP contribution is -2.16. The number of nitrogens with zero attached hydrogens (tertiary/aromatic N) is 4. The van der Waals surface area contributed by atoms with Gasteiger partial charge in [-0.1, -0.05) is 13.8 Å². The highest BCUT2D eigenvalue weighted by molar-refractivity contribution is 5.62. The Kier molecular flexibility index (Phi) is 4.36. The van der Waals surface area contributed by atoms with Crippen molar-refractivity contribution in [2.45, 2.75) is 19.8 Å². The minimum atomic E-state index is 0.200. The van der Waals surface area contributed by atoms with Gasteiger partial charge in [0.1, 0.15) is 17.5 Å². The van der Waals surface area contributed by atoms with E-state index in [9.17, 15) is 0 Å². The summed E-state index contributed by atoms with van der Waals surface area (Å²) in [6.07, 6.45) is 0. The molecule has 0 spiro atoms. The molecule has 1 aromatic carbocycles. The van der Waals surface area contributed by atoms with Gasteiger partial charge in [0.15, 0.2) is 0 Å². The molecule has 0 aliphatic heterocycles. The first-order valence-corrected chi connectivity index (χ1v) is 6.64. The van der Waals surface area contributed by atoms with E-state index in [1.807, 2.05) is 37.9 Å². The maximum Gasteiger partial charge on any atom is 0.145 e. The molecule has 1 heterocycles. The monoisotopic (exact) mass is 282 g/mol. The van der Waals surface area contributed by atoms with E-state index in [2.05, 4.69) is 21.5 Å². The molecule has 0 saturated carbocycles. The zero-order valence-electron chi connectivity index (χ0n) is 12.3. The third kappa shape index (κ3) is 3.27. The predicted molar refractivity (Wildman–Crippen MR) is 83.2 cm³/mol. The van der Waals surface area contributed by atoms with Crippen LogP contribution in [-0.4, -0.2) is 17.0 Å². The fraction of sp³-hybridized carbons (Fsp3) is 0.267. The lowest BCUT2D eigenvalue weighted by Gasteiger charge is -2.20. The van der Waals surface area contributed by atoms with Gasteiger partial charge in [-0.05, 0) is 24.3 Å². The number of nitrogens with one attached hydrogen (secondary N) is 1. The second kappa shape index (κ2) is 6.20. The molecule has 0 amide bonds. The van der Waals surface area contributed by atoms with E-state index in [0.717, 1.165) is 17.3 Å². The Hall–Kier alpha value is -2.65. The Bertz CT molecular complexity index is 657. The minimum absolute atomic E-state index is 0.200. The van der Waals surface area contributed by atoms with Gasteiger partial charge in [0.2, 0.25) is 0 Å². The van der Waals surface area contributed by atoms with Crippen molar-refractivity contribution in [3.8, 4) is 6.07 Å². The van der Waals surface area contributed by atoms with E-state index < -0.39 is 0 Å². The number of nitrogens with two attached hydrogens (primary N) is 1. The minimum Gasteiger partial charge on any atom is -0.329 e. The van der Waals surface area contributed by atoms with E-state index in [1.165, 1.54) is 0 Å². The Morgan fingerprint density at radius 2 is 1.90 bits per heavy atom. The molecule has 2 rings (SSSR count). The maximum absolute atomic E-state index is 8.84. The first-order chi connectivity index (χ1) is 10.0. The molecular formula is C15H18N6. The zero-order chi connectivity index (χ0) is 15.4. The Balaban J connectivity index is 2.39. The normalized spacial score (nSPS) is 10.3. The van der Waals surface area contributed by atoms with Crippen molar-refractivity contribution < 1.29 is 0 Å². The van der Waals surface area contributed by atoms with Gasteiger partial charge in [-0.3, -0.25) is 0 Å². The number of benzene rings is 1. The zero-order valence-corrected chi connectivity index (χ0v) is 12.3. The number of aromatic nitrogens is 2. The summed E-state index contributed by atoms with van der Waals surface area (Å²) in [6.45, 7) is 4.06. The van der Waals surface area contributed by atoms with Gasteiger partial charge in [0, 0.05) is 24.7 Å². The molecule has 0 fully saturated rings. The highest BCUT2D eigenvalue weighted by atomic mass is 15.3. The van der Waals surface area contributed by atoms with Crippen LogP contribution < -0.4 is 16.2 Å². The Labute approximate surface area is 124 Å². The van der Waals surface area contributed by atoms with Crippen LogP contribution in [0, 0.1) is 11.3 Å². The largest absolute Gasteiger partial charge is 0.329 e. The smallest absolute Gasteiger partial charge is 0.145 e. The Morgan fingerprint density at radius 1 is 1.24 bits per heavy atom. The molecule has 108 valence electrons. The van der Waals surface area contributed by atoms with Crippen LogP contribution in [0.1, 0.15) is 31.2 Å².